The van der Waals surface area contributed by atoms with Gasteiger partial charge < -0.3 is 15.5 Å². The minimum absolute atomic E-state index is 0.0694. The predicted molar refractivity (Wildman–Crippen MR) is 77.7 cm³/mol. The maximum Gasteiger partial charge on any atom is 0.239 e. The summed E-state index contributed by atoms with van der Waals surface area (Å²) in [5.41, 5.74) is -0.497. The van der Waals surface area contributed by atoms with E-state index < -0.39 is 5.54 Å². The van der Waals surface area contributed by atoms with E-state index in [1.165, 1.54) is 0 Å². The molecule has 2 N–H and O–H groups in total. The van der Waals surface area contributed by atoms with Crippen LogP contribution in [0.5, 0.6) is 0 Å². The Hall–Kier alpha value is -0.610. The highest BCUT2D eigenvalue weighted by Crippen LogP contribution is 2.09. The summed E-state index contributed by atoms with van der Waals surface area (Å²) in [5, 5.41) is 6.24. The molecule has 0 aromatic rings. The van der Waals surface area contributed by atoms with Gasteiger partial charge in [0.2, 0.25) is 5.91 Å². The number of hydrogen-bond acceptors (Lipinski definition) is 3. The van der Waals surface area contributed by atoms with Crippen molar-refractivity contribution in [2.45, 2.75) is 52.6 Å². The fraction of sp³-hybridized carbons (Fsp3) is 0.929. The van der Waals surface area contributed by atoms with Crippen molar-refractivity contribution < 1.29 is 4.79 Å². The number of carbonyl (C=O) groups is 1. The molecule has 4 nitrogen and oxygen atoms in total. The Labute approximate surface area is 113 Å². The fourth-order valence-corrected chi connectivity index (χ4v) is 1.97. The van der Waals surface area contributed by atoms with Gasteiger partial charge in [-0.25, -0.2) is 0 Å². The summed E-state index contributed by atoms with van der Waals surface area (Å²) in [6.45, 7) is 11.8. The van der Waals surface area contributed by atoms with Gasteiger partial charge in [-0.05, 0) is 46.8 Å². The summed E-state index contributed by atoms with van der Waals surface area (Å²) in [7, 11) is 4.13. The number of nitrogens with one attached hydrogen (secondary N) is 2. The van der Waals surface area contributed by atoms with Gasteiger partial charge in [-0.3, -0.25) is 4.79 Å². The third kappa shape index (κ3) is 6.36. The minimum Gasteiger partial charge on any atom is -0.353 e. The second-order valence-electron chi connectivity index (χ2n) is 6.11. The third-order valence-electron chi connectivity index (χ3n) is 3.16. The van der Waals surface area contributed by atoms with Crippen molar-refractivity contribution in [1.29, 1.82) is 0 Å². The molecule has 0 fully saturated rings. The molecule has 0 bridgehead atoms. The summed E-state index contributed by atoms with van der Waals surface area (Å²) >= 11 is 0. The molecule has 0 saturated heterocycles. The first-order valence-electron chi connectivity index (χ1n) is 6.90. The molecule has 0 radical (unpaired) electrons. The molecule has 0 aliphatic heterocycles. The lowest BCUT2D eigenvalue weighted by Gasteiger charge is -2.29. The van der Waals surface area contributed by atoms with Crippen molar-refractivity contribution in [1.82, 2.24) is 15.5 Å². The summed E-state index contributed by atoms with van der Waals surface area (Å²) in [4.78, 5) is 14.3. The van der Waals surface area contributed by atoms with E-state index in [1.54, 1.807) is 0 Å². The van der Waals surface area contributed by atoms with E-state index in [9.17, 15) is 4.79 Å². The highest BCUT2D eigenvalue weighted by atomic mass is 16.2. The smallest absolute Gasteiger partial charge is 0.239 e. The number of amides is 1. The van der Waals surface area contributed by atoms with Crippen molar-refractivity contribution in [2.75, 3.05) is 27.2 Å². The number of nitrogens with zero attached hydrogens (tertiary/aromatic N) is 1. The average molecular weight is 257 g/mol. The normalized spacial score (nSPS) is 14.1. The van der Waals surface area contributed by atoms with E-state index in [0.717, 1.165) is 13.0 Å². The molecule has 18 heavy (non-hydrogen) atoms. The number of likely N-dealkylation sites (N-methyl/N-ethyl adjacent to an activating group) is 2. The van der Waals surface area contributed by atoms with Crippen molar-refractivity contribution in [3.05, 3.63) is 0 Å². The van der Waals surface area contributed by atoms with E-state index >= 15 is 0 Å². The van der Waals surface area contributed by atoms with Gasteiger partial charge in [-0.2, -0.15) is 0 Å². The number of rotatable bonds is 8. The van der Waals surface area contributed by atoms with Gasteiger partial charge in [-0.1, -0.05) is 20.8 Å². The average Bonchev–Trinajstić information content (AvgIpc) is 2.22. The first-order valence-corrected chi connectivity index (χ1v) is 6.90. The summed E-state index contributed by atoms with van der Waals surface area (Å²) in [6.07, 6.45) is 1.09. The Balaban J connectivity index is 4.31. The Morgan fingerprint density at radius 2 is 1.83 bits per heavy atom. The van der Waals surface area contributed by atoms with Crippen LogP contribution in [0.15, 0.2) is 0 Å². The van der Waals surface area contributed by atoms with Crippen LogP contribution < -0.4 is 10.6 Å². The topological polar surface area (TPSA) is 44.4 Å². The minimum atomic E-state index is -0.497. The Morgan fingerprint density at radius 3 is 2.22 bits per heavy atom. The second kappa shape index (κ2) is 7.74. The third-order valence-corrected chi connectivity index (χ3v) is 3.16. The molecule has 0 spiro atoms. The molecule has 1 amide bonds. The van der Waals surface area contributed by atoms with Crippen LogP contribution in [0.25, 0.3) is 0 Å². The second-order valence-corrected chi connectivity index (χ2v) is 6.11. The molecule has 0 aliphatic carbocycles. The van der Waals surface area contributed by atoms with Crippen LogP contribution in [0.1, 0.15) is 41.0 Å². The Bertz CT molecular complexity index is 249. The molecule has 1 atom stereocenters. The van der Waals surface area contributed by atoms with E-state index in [2.05, 4.69) is 43.5 Å². The molecule has 0 heterocycles. The van der Waals surface area contributed by atoms with Crippen molar-refractivity contribution in [3.8, 4) is 0 Å². The van der Waals surface area contributed by atoms with Crippen LogP contribution in [0.4, 0.5) is 0 Å². The van der Waals surface area contributed by atoms with E-state index in [-0.39, 0.29) is 5.91 Å². The molecular formula is C14H31N3O. The molecule has 108 valence electrons. The van der Waals surface area contributed by atoms with Gasteiger partial charge in [-0.15, -0.1) is 0 Å². The summed E-state index contributed by atoms with van der Waals surface area (Å²) < 4.78 is 0. The zero-order valence-electron chi connectivity index (χ0n) is 13.1. The van der Waals surface area contributed by atoms with Crippen molar-refractivity contribution in [2.24, 2.45) is 5.92 Å². The van der Waals surface area contributed by atoms with Crippen LogP contribution in [-0.4, -0.2) is 49.6 Å². The molecular weight excluding hydrogens is 226 g/mol. The molecule has 1 unspecified atom stereocenters. The standard InChI is InChI=1S/C14H31N3O/c1-8-16-14(4,5)13(18)15-10-12(17(6)7)9-11(2)3/h11-12,16H,8-10H2,1-7H3,(H,15,18). The van der Waals surface area contributed by atoms with Crippen LogP contribution >= 0.6 is 0 Å². The highest BCUT2D eigenvalue weighted by Gasteiger charge is 2.26. The van der Waals surface area contributed by atoms with Gasteiger partial charge >= 0.3 is 0 Å². The Morgan fingerprint density at radius 1 is 1.28 bits per heavy atom. The van der Waals surface area contributed by atoms with E-state index in [4.69, 9.17) is 0 Å². The highest BCUT2D eigenvalue weighted by molar-refractivity contribution is 5.85. The maximum absolute atomic E-state index is 12.1. The molecule has 4 heteroatoms. The number of carbonyl (C=O) groups excluding carboxylic acids is 1. The van der Waals surface area contributed by atoms with Gasteiger partial charge in [0.1, 0.15) is 0 Å². The van der Waals surface area contributed by atoms with E-state index in [1.807, 2.05) is 20.8 Å². The first-order chi connectivity index (χ1) is 8.20. The maximum atomic E-state index is 12.1. The largest absolute Gasteiger partial charge is 0.353 e. The van der Waals surface area contributed by atoms with Crippen molar-refractivity contribution in [3.63, 3.8) is 0 Å². The molecule has 0 aliphatic rings. The zero-order valence-corrected chi connectivity index (χ0v) is 13.1. The fourth-order valence-electron chi connectivity index (χ4n) is 1.97. The molecule has 0 saturated carbocycles. The number of hydrogen-bond donors (Lipinski definition) is 2. The first kappa shape index (κ1) is 17.4. The SMILES string of the molecule is CCNC(C)(C)C(=O)NCC(CC(C)C)N(C)C. The quantitative estimate of drug-likeness (QED) is 0.692. The van der Waals surface area contributed by atoms with Crippen LogP contribution in [0.2, 0.25) is 0 Å². The van der Waals surface area contributed by atoms with E-state index in [0.29, 0.717) is 18.5 Å². The van der Waals surface area contributed by atoms with Gasteiger partial charge in [0.15, 0.2) is 0 Å². The van der Waals surface area contributed by atoms with Crippen LogP contribution in [0.3, 0.4) is 0 Å². The summed E-state index contributed by atoms with van der Waals surface area (Å²) in [5.74, 6) is 0.705. The lowest BCUT2D eigenvalue weighted by atomic mass is 10.0. The summed E-state index contributed by atoms with van der Waals surface area (Å²) in [6, 6.07) is 0.395. The van der Waals surface area contributed by atoms with Crippen molar-refractivity contribution >= 4 is 5.91 Å². The lowest BCUT2D eigenvalue weighted by molar-refractivity contribution is -0.126. The molecule has 0 aromatic carbocycles. The zero-order chi connectivity index (χ0) is 14.3. The van der Waals surface area contributed by atoms with Crippen LogP contribution in [-0.2, 0) is 4.79 Å². The van der Waals surface area contributed by atoms with Gasteiger partial charge in [0, 0.05) is 12.6 Å². The van der Waals surface area contributed by atoms with Gasteiger partial charge in [0.25, 0.3) is 0 Å². The predicted octanol–water partition coefficient (Wildman–Crippen LogP) is 1.47. The molecule has 0 rings (SSSR count). The molecule has 0 aromatic heterocycles. The van der Waals surface area contributed by atoms with Gasteiger partial charge in [0.05, 0.1) is 5.54 Å². The lowest BCUT2D eigenvalue weighted by Crippen LogP contribution is -2.54. The Kier molecular flexibility index (Phi) is 7.48. The van der Waals surface area contributed by atoms with Crippen LogP contribution in [0, 0.1) is 5.92 Å². The monoisotopic (exact) mass is 257 g/mol.